The van der Waals surface area contributed by atoms with Crippen molar-refractivity contribution in [2.24, 2.45) is 0 Å². The third-order valence-corrected chi connectivity index (χ3v) is 4.67. The molecule has 22 heavy (non-hydrogen) atoms. The number of nitrogens with zero attached hydrogens (tertiary/aromatic N) is 2. The van der Waals surface area contributed by atoms with Crippen LogP contribution in [-0.2, 0) is 23.7 Å². The summed E-state index contributed by atoms with van der Waals surface area (Å²) in [7, 11) is 0. The smallest absolute Gasteiger partial charge is 0.0930 e. The van der Waals surface area contributed by atoms with Crippen molar-refractivity contribution in [3.05, 3.63) is 34.6 Å². The maximum Gasteiger partial charge on any atom is 0.0930 e. The minimum absolute atomic E-state index is 0.0895. The maximum absolute atomic E-state index is 5.09. The standard InChI is InChI=1S/C20H28N2/c1-19(2,3)13-11-12-14(20(4,5)6)18-17(13)21-15-9-7-8-10-16(15)22-18/h11-12H,7-10H2,1-6H3. The predicted octanol–water partition coefficient (Wildman–Crippen LogP) is 5.10. The zero-order valence-corrected chi connectivity index (χ0v) is 14.9. The van der Waals surface area contributed by atoms with Gasteiger partial charge in [0.2, 0.25) is 0 Å². The Bertz CT molecular complexity index is 653. The summed E-state index contributed by atoms with van der Waals surface area (Å²) >= 11 is 0. The molecule has 0 fully saturated rings. The molecule has 0 saturated heterocycles. The summed E-state index contributed by atoms with van der Waals surface area (Å²) in [5.41, 5.74) is 7.53. The fourth-order valence-corrected chi connectivity index (χ4v) is 3.40. The van der Waals surface area contributed by atoms with E-state index in [0.717, 1.165) is 23.9 Å². The van der Waals surface area contributed by atoms with Crippen LogP contribution in [0.1, 0.15) is 76.9 Å². The van der Waals surface area contributed by atoms with Crippen molar-refractivity contribution in [2.45, 2.75) is 78.1 Å². The highest BCUT2D eigenvalue weighted by atomic mass is 14.8. The fraction of sp³-hybridized carbons (Fsp3) is 0.600. The Labute approximate surface area is 134 Å². The van der Waals surface area contributed by atoms with Crippen molar-refractivity contribution < 1.29 is 0 Å². The van der Waals surface area contributed by atoms with Gasteiger partial charge in [0.15, 0.2) is 0 Å². The van der Waals surface area contributed by atoms with Gasteiger partial charge in [0.25, 0.3) is 0 Å². The normalized spacial score (nSPS) is 15.9. The predicted molar refractivity (Wildman–Crippen MR) is 93.6 cm³/mol. The summed E-state index contributed by atoms with van der Waals surface area (Å²) in [6, 6.07) is 4.54. The first-order chi connectivity index (χ1) is 10.2. The van der Waals surface area contributed by atoms with Gasteiger partial charge in [0, 0.05) is 0 Å². The van der Waals surface area contributed by atoms with E-state index in [4.69, 9.17) is 9.97 Å². The highest BCUT2D eigenvalue weighted by molar-refractivity contribution is 5.83. The van der Waals surface area contributed by atoms with Crippen LogP contribution < -0.4 is 0 Å². The number of hydrogen-bond acceptors (Lipinski definition) is 2. The first kappa shape index (κ1) is 15.5. The Morgan fingerprint density at radius 2 is 1.05 bits per heavy atom. The Kier molecular flexibility index (Phi) is 3.54. The quantitative estimate of drug-likeness (QED) is 0.675. The van der Waals surface area contributed by atoms with E-state index < -0.39 is 0 Å². The molecular weight excluding hydrogens is 268 g/mol. The van der Waals surface area contributed by atoms with Gasteiger partial charge in [-0.05, 0) is 47.6 Å². The molecule has 1 aromatic carbocycles. The minimum atomic E-state index is 0.0895. The van der Waals surface area contributed by atoms with Crippen LogP contribution in [0.3, 0.4) is 0 Å². The summed E-state index contributed by atoms with van der Waals surface area (Å²) in [5.74, 6) is 0. The number of rotatable bonds is 0. The molecule has 2 heteroatoms. The van der Waals surface area contributed by atoms with Crippen LogP contribution >= 0.6 is 0 Å². The van der Waals surface area contributed by atoms with E-state index in [1.807, 2.05) is 0 Å². The van der Waals surface area contributed by atoms with E-state index in [-0.39, 0.29) is 10.8 Å². The molecule has 0 bridgehead atoms. The van der Waals surface area contributed by atoms with E-state index in [9.17, 15) is 0 Å². The molecule has 0 aliphatic heterocycles. The van der Waals surface area contributed by atoms with Crippen LogP contribution in [0.2, 0.25) is 0 Å². The summed E-state index contributed by atoms with van der Waals surface area (Å²) in [4.78, 5) is 10.2. The molecule has 3 rings (SSSR count). The van der Waals surface area contributed by atoms with Gasteiger partial charge in [-0.25, -0.2) is 9.97 Å². The maximum atomic E-state index is 5.09. The third-order valence-electron chi connectivity index (χ3n) is 4.67. The SMILES string of the molecule is CC(C)(C)c1ccc(C(C)(C)C)c2nc3c(nc12)CCCC3. The van der Waals surface area contributed by atoms with E-state index in [1.165, 1.54) is 35.4 Å². The van der Waals surface area contributed by atoms with Crippen LogP contribution in [0, 0.1) is 0 Å². The molecule has 2 aromatic rings. The van der Waals surface area contributed by atoms with Gasteiger partial charge in [0.1, 0.15) is 0 Å². The third kappa shape index (κ3) is 2.64. The number of benzene rings is 1. The molecule has 1 aliphatic carbocycles. The van der Waals surface area contributed by atoms with E-state index >= 15 is 0 Å². The van der Waals surface area contributed by atoms with Crippen LogP contribution in [0.5, 0.6) is 0 Å². The highest BCUT2D eigenvalue weighted by Gasteiger charge is 2.26. The summed E-state index contributed by atoms with van der Waals surface area (Å²) in [6.45, 7) is 13.6. The summed E-state index contributed by atoms with van der Waals surface area (Å²) in [5, 5.41) is 0. The molecule has 0 unspecified atom stereocenters. The Morgan fingerprint density at radius 3 is 1.36 bits per heavy atom. The molecular formula is C20H28N2. The number of aryl methyl sites for hydroxylation is 2. The van der Waals surface area contributed by atoms with Crippen molar-refractivity contribution in [3.63, 3.8) is 0 Å². The fourth-order valence-electron chi connectivity index (χ4n) is 3.40. The van der Waals surface area contributed by atoms with E-state index in [1.54, 1.807) is 0 Å². The van der Waals surface area contributed by atoms with E-state index in [0.29, 0.717) is 0 Å². The van der Waals surface area contributed by atoms with Crippen LogP contribution in [0.25, 0.3) is 11.0 Å². The van der Waals surface area contributed by atoms with Gasteiger partial charge in [-0.15, -0.1) is 0 Å². The zero-order chi connectivity index (χ0) is 16.1. The number of hydrogen-bond donors (Lipinski definition) is 0. The average Bonchev–Trinajstić information content (AvgIpc) is 2.41. The molecule has 0 amide bonds. The van der Waals surface area contributed by atoms with Crippen molar-refractivity contribution in [1.82, 2.24) is 9.97 Å². The molecule has 1 aromatic heterocycles. The molecule has 118 valence electrons. The van der Waals surface area contributed by atoms with Gasteiger partial charge in [0.05, 0.1) is 22.4 Å². The lowest BCUT2D eigenvalue weighted by molar-refractivity contribution is 0.580. The first-order valence-electron chi connectivity index (χ1n) is 8.51. The van der Waals surface area contributed by atoms with Crippen molar-refractivity contribution in [2.75, 3.05) is 0 Å². The lowest BCUT2D eigenvalue weighted by atomic mass is 9.80. The Morgan fingerprint density at radius 1 is 0.682 bits per heavy atom. The Balaban J connectivity index is 2.37. The molecule has 2 nitrogen and oxygen atoms in total. The van der Waals surface area contributed by atoms with Gasteiger partial charge in [-0.3, -0.25) is 0 Å². The van der Waals surface area contributed by atoms with Crippen LogP contribution in [0.4, 0.5) is 0 Å². The van der Waals surface area contributed by atoms with Crippen LogP contribution in [0.15, 0.2) is 12.1 Å². The molecule has 0 saturated carbocycles. The molecule has 0 radical (unpaired) electrons. The topological polar surface area (TPSA) is 25.8 Å². The molecule has 0 N–H and O–H groups in total. The average molecular weight is 296 g/mol. The first-order valence-corrected chi connectivity index (χ1v) is 8.51. The summed E-state index contributed by atoms with van der Waals surface area (Å²) < 4.78 is 0. The molecule has 0 spiro atoms. The number of aromatic nitrogens is 2. The number of fused-ring (bicyclic) bond motifs is 2. The van der Waals surface area contributed by atoms with Gasteiger partial charge >= 0.3 is 0 Å². The second kappa shape index (κ2) is 5.04. The monoisotopic (exact) mass is 296 g/mol. The van der Waals surface area contributed by atoms with Gasteiger partial charge in [-0.2, -0.15) is 0 Å². The molecule has 0 atom stereocenters. The van der Waals surface area contributed by atoms with Crippen molar-refractivity contribution in [1.29, 1.82) is 0 Å². The zero-order valence-electron chi connectivity index (χ0n) is 14.9. The lowest BCUT2D eigenvalue weighted by Crippen LogP contribution is -2.19. The Hall–Kier alpha value is -1.44. The van der Waals surface area contributed by atoms with Gasteiger partial charge in [-0.1, -0.05) is 53.7 Å². The van der Waals surface area contributed by atoms with Crippen molar-refractivity contribution in [3.8, 4) is 0 Å². The minimum Gasteiger partial charge on any atom is -0.249 e. The highest BCUT2D eigenvalue weighted by Crippen LogP contribution is 2.36. The molecule has 1 heterocycles. The lowest BCUT2D eigenvalue weighted by Gasteiger charge is -2.27. The second-order valence-corrected chi connectivity index (χ2v) is 8.68. The molecule has 1 aliphatic rings. The summed E-state index contributed by atoms with van der Waals surface area (Å²) in [6.07, 6.45) is 4.66. The van der Waals surface area contributed by atoms with Gasteiger partial charge < -0.3 is 0 Å². The van der Waals surface area contributed by atoms with Crippen molar-refractivity contribution >= 4 is 11.0 Å². The second-order valence-electron chi connectivity index (χ2n) is 8.68. The van der Waals surface area contributed by atoms with E-state index in [2.05, 4.69) is 53.7 Å². The largest absolute Gasteiger partial charge is 0.249 e. The van der Waals surface area contributed by atoms with Crippen LogP contribution in [-0.4, -0.2) is 9.97 Å².